The summed E-state index contributed by atoms with van der Waals surface area (Å²) in [6, 6.07) is 10.9. The second kappa shape index (κ2) is 8.70. The third-order valence-electron chi connectivity index (χ3n) is 4.53. The molecule has 0 saturated carbocycles. The van der Waals surface area contributed by atoms with Crippen LogP contribution in [0.25, 0.3) is 5.69 Å². The van der Waals surface area contributed by atoms with Gasteiger partial charge >= 0.3 is 0 Å². The summed E-state index contributed by atoms with van der Waals surface area (Å²) in [5.41, 5.74) is 1.18. The number of amides is 1. The fourth-order valence-corrected chi connectivity index (χ4v) is 4.65. The standard InChI is InChI=1S/C20H17Cl2N5O3S/c21-14-6-7-18(17(22)9-14)27-12-13(11-24-27)20(28)25-15-3-1-4-16(10-15)31(29,30)26-19-5-2-8-23-19/h1,3-4,6-7,9-12H,2,5,8H2,(H,23,26)(H,25,28). The summed E-state index contributed by atoms with van der Waals surface area (Å²) in [4.78, 5) is 16.8. The molecule has 1 aliphatic heterocycles. The number of amidine groups is 1. The van der Waals surface area contributed by atoms with Crippen LogP contribution in [0.1, 0.15) is 23.2 Å². The topological polar surface area (TPSA) is 105 Å². The van der Waals surface area contributed by atoms with E-state index in [9.17, 15) is 13.2 Å². The Morgan fingerprint density at radius 2 is 1.97 bits per heavy atom. The minimum Gasteiger partial charge on any atom is -0.322 e. The molecule has 4 rings (SSSR count). The zero-order valence-corrected chi connectivity index (χ0v) is 18.4. The molecular weight excluding hydrogens is 461 g/mol. The van der Waals surface area contributed by atoms with Gasteiger partial charge in [0.05, 0.1) is 27.4 Å². The van der Waals surface area contributed by atoms with E-state index in [1.807, 2.05) is 0 Å². The lowest BCUT2D eigenvalue weighted by Gasteiger charge is -2.09. The van der Waals surface area contributed by atoms with E-state index in [-0.39, 0.29) is 10.5 Å². The van der Waals surface area contributed by atoms with Crippen LogP contribution in [-0.2, 0) is 10.0 Å². The van der Waals surface area contributed by atoms with Crippen LogP contribution < -0.4 is 10.0 Å². The average molecular weight is 478 g/mol. The summed E-state index contributed by atoms with van der Waals surface area (Å²) >= 11 is 12.1. The van der Waals surface area contributed by atoms with E-state index in [1.165, 1.54) is 29.2 Å². The van der Waals surface area contributed by atoms with E-state index in [0.29, 0.717) is 40.2 Å². The Kier molecular flexibility index (Phi) is 5.99. The minimum atomic E-state index is -3.78. The SMILES string of the molecule is O=C(Nc1cccc(S(=O)(=O)NC2=NCCC2)c1)c1cnn(-c2ccc(Cl)cc2Cl)c1. The van der Waals surface area contributed by atoms with Gasteiger partial charge in [0.15, 0.2) is 0 Å². The van der Waals surface area contributed by atoms with E-state index in [1.54, 1.807) is 30.3 Å². The molecule has 2 aromatic carbocycles. The highest BCUT2D eigenvalue weighted by Gasteiger charge is 2.19. The van der Waals surface area contributed by atoms with Crippen LogP contribution >= 0.6 is 23.2 Å². The van der Waals surface area contributed by atoms with Crippen molar-refractivity contribution in [3.05, 3.63) is 70.5 Å². The summed E-state index contributed by atoms with van der Waals surface area (Å²) in [6.45, 7) is 0.614. The molecule has 0 unspecified atom stereocenters. The van der Waals surface area contributed by atoms with Gasteiger partial charge in [0.2, 0.25) is 0 Å². The van der Waals surface area contributed by atoms with Gasteiger partial charge in [0.1, 0.15) is 5.84 Å². The van der Waals surface area contributed by atoms with Gasteiger partial charge in [-0.2, -0.15) is 5.10 Å². The van der Waals surface area contributed by atoms with Gasteiger partial charge in [-0.05, 0) is 42.8 Å². The Morgan fingerprint density at radius 3 is 2.71 bits per heavy atom. The number of carbonyl (C=O) groups is 1. The molecule has 2 heterocycles. The summed E-state index contributed by atoms with van der Waals surface area (Å²) < 4.78 is 29.1. The number of nitrogens with zero attached hydrogens (tertiary/aromatic N) is 3. The smallest absolute Gasteiger partial charge is 0.262 e. The summed E-state index contributed by atoms with van der Waals surface area (Å²) in [5.74, 6) is 0.00160. The van der Waals surface area contributed by atoms with E-state index >= 15 is 0 Å². The molecule has 0 spiro atoms. The van der Waals surface area contributed by atoms with Crippen molar-refractivity contribution in [1.82, 2.24) is 14.5 Å². The van der Waals surface area contributed by atoms with Crippen LogP contribution in [0.15, 0.2) is 64.7 Å². The second-order valence-electron chi connectivity index (χ2n) is 6.79. The van der Waals surface area contributed by atoms with E-state index < -0.39 is 15.9 Å². The minimum absolute atomic E-state index is 0.0311. The number of aliphatic imine (C=N–C) groups is 1. The zero-order chi connectivity index (χ0) is 22.0. The lowest BCUT2D eigenvalue weighted by atomic mass is 10.3. The Labute approximate surface area is 188 Å². The van der Waals surface area contributed by atoms with Crippen LogP contribution in [0.4, 0.5) is 5.69 Å². The second-order valence-corrected chi connectivity index (χ2v) is 9.31. The van der Waals surface area contributed by atoms with Crippen LogP contribution in [0.5, 0.6) is 0 Å². The number of anilines is 1. The molecule has 8 nitrogen and oxygen atoms in total. The van der Waals surface area contributed by atoms with Crippen molar-refractivity contribution in [2.24, 2.45) is 4.99 Å². The summed E-state index contributed by atoms with van der Waals surface area (Å²) in [7, 11) is -3.78. The molecule has 31 heavy (non-hydrogen) atoms. The molecule has 1 aliphatic rings. The number of hydrogen-bond donors (Lipinski definition) is 2. The zero-order valence-electron chi connectivity index (χ0n) is 16.0. The molecule has 2 N–H and O–H groups in total. The van der Waals surface area contributed by atoms with Crippen molar-refractivity contribution in [2.75, 3.05) is 11.9 Å². The van der Waals surface area contributed by atoms with Crippen LogP contribution in [0.2, 0.25) is 10.0 Å². The van der Waals surface area contributed by atoms with Crippen molar-refractivity contribution in [2.45, 2.75) is 17.7 Å². The number of aromatic nitrogens is 2. The highest BCUT2D eigenvalue weighted by atomic mass is 35.5. The van der Waals surface area contributed by atoms with Gasteiger partial charge in [-0.1, -0.05) is 29.3 Å². The largest absolute Gasteiger partial charge is 0.322 e. The van der Waals surface area contributed by atoms with E-state index in [0.717, 1.165) is 6.42 Å². The molecule has 1 amide bonds. The summed E-state index contributed by atoms with van der Waals surface area (Å²) in [5, 5.41) is 7.72. The van der Waals surface area contributed by atoms with Crippen molar-refractivity contribution >= 4 is 50.7 Å². The number of halogens is 2. The van der Waals surface area contributed by atoms with Gasteiger partial charge in [0, 0.05) is 29.9 Å². The highest BCUT2D eigenvalue weighted by molar-refractivity contribution is 7.90. The van der Waals surface area contributed by atoms with Crippen molar-refractivity contribution < 1.29 is 13.2 Å². The maximum atomic E-state index is 12.6. The molecule has 160 valence electrons. The van der Waals surface area contributed by atoms with Crippen molar-refractivity contribution in [1.29, 1.82) is 0 Å². The Morgan fingerprint density at radius 1 is 1.13 bits per heavy atom. The predicted octanol–water partition coefficient (Wildman–Crippen LogP) is 3.90. The van der Waals surface area contributed by atoms with Gasteiger partial charge in [-0.25, -0.2) is 13.1 Å². The molecule has 0 bridgehead atoms. The number of sulfonamides is 1. The predicted molar refractivity (Wildman–Crippen MR) is 120 cm³/mol. The average Bonchev–Trinajstić information content (AvgIpc) is 3.40. The normalized spacial score (nSPS) is 13.7. The number of carbonyl (C=O) groups excluding carboxylic acids is 1. The third-order valence-corrected chi connectivity index (χ3v) is 6.45. The molecule has 0 aliphatic carbocycles. The molecule has 3 aromatic rings. The Hall–Kier alpha value is -2.88. The van der Waals surface area contributed by atoms with Crippen LogP contribution in [0, 0.1) is 0 Å². The molecule has 0 saturated heterocycles. The van der Waals surface area contributed by atoms with Crippen LogP contribution in [-0.4, -0.2) is 36.5 Å². The fourth-order valence-electron chi connectivity index (χ4n) is 3.02. The molecule has 11 heteroatoms. The highest BCUT2D eigenvalue weighted by Crippen LogP contribution is 2.24. The third kappa shape index (κ3) is 4.90. The first kappa shape index (κ1) is 21.4. The lowest BCUT2D eigenvalue weighted by molar-refractivity contribution is 0.102. The quantitative estimate of drug-likeness (QED) is 0.580. The van der Waals surface area contributed by atoms with Gasteiger partial charge in [-0.3, -0.25) is 14.5 Å². The van der Waals surface area contributed by atoms with Crippen molar-refractivity contribution in [3.8, 4) is 5.69 Å². The summed E-state index contributed by atoms with van der Waals surface area (Å²) in [6.07, 6.45) is 4.33. The maximum absolute atomic E-state index is 12.6. The van der Waals surface area contributed by atoms with Crippen molar-refractivity contribution in [3.63, 3.8) is 0 Å². The van der Waals surface area contributed by atoms with Gasteiger partial charge in [-0.15, -0.1) is 0 Å². The number of rotatable bonds is 5. The van der Waals surface area contributed by atoms with Crippen LogP contribution in [0.3, 0.4) is 0 Å². The first-order valence-corrected chi connectivity index (χ1v) is 11.5. The Balaban J connectivity index is 1.50. The molecule has 0 fully saturated rings. The van der Waals surface area contributed by atoms with E-state index in [4.69, 9.17) is 23.2 Å². The molecule has 1 aromatic heterocycles. The monoisotopic (exact) mass is 477 g/mol. The van der Waals surface area contributed by atoms with Gasteiger partial charge < -0.3 is 5.32 Å². The Bertz CT molecular complexity index is 1290. The number of benzene rings is 2. The maximum Gasteiger partial charge on any atom is 0.262 e. The number of hydrogen-bond acceptors (Lipinski definition) is 5. The molecular formula is C20H17Cl2N5O3S. The molecule has 0 radical (unpaired) electrons. The first-order chi connectivity index (χ1) is 14.8. The van der Waals surface area contributed by atoms with E-state index in [2.05, 4.69) is 20.1 Å². The lowest BCUT2D eigenvalue weighted by Crippen LogP contribution is -2.29. The van der Waals surface area contributed by atoms with Gasteiger partial charge in [0.25, 0.3) is 15.9 Å². The first-order valence-electron chi connectivity index (χ1n) is 9.29. The fraction of sp³-hybridized carbons (Fsp3) is 0.150. The molecule has 0 atom stereocenters. The number of nitrogens with one attached hydrogen (secondary N) is 2.